The second kappa shape index (κ2) is 9.54. The second-order valence-electron chi connectivity index (χ2n) is 6.95. The number of hydrogen-bond donors (Lipinski definition) is 2. The van der Waals surface area contributed by atoms with Crippen molar-refractivity contribution in [1.29, 1.82) is 0 Å². The Balaban J connectivity index is 1.47. The first-order valence-corrected chi connectivity index (χ1v) is 9.89. The van der Waals surface area contributed by atoms with E-state index in [2.05, 4.69) is 15.6 Å². The Bertz CT molecular complexity index is 1140. The van der Waals surface area contributed by atoms with Crippen LogP contribution in [0.15, 0.2) is 102 Å². The molecule has 6 heteroatoms. The van der Waals surface area contributed by atoms with Gasteiger partial charge in [0.1, 0.15) is 12.3 Å². The molecule has 2 amide bonds. The van der Waals surface area contributed by atoms with Crippen LogP contribution in [0.1, 0.15) is 17.3 Å². The third kappa shape index (κ3) is 5.25. The lowest BCUT2D eigenvalue weighted by Gasteiger charge is -2.19. The molecule has 3 aromatic carbocycles. The van der Waals surface area contributed by atoms with E-state index in [1.807, 2.05) is 66.7 Å². The number of carbonyl (C=O) groups excluding carboxylic acids is 2. The predicted molar refractivity (Wildman–Crippen MR) is 118 cm³/mol. The molecule has 0 radical (unpaired) electrons. The SMILES string of the molecule is O=C(Cc1coc(-c2ccccc2)n1)NC(C(=O)Nc1ccccc1)c1ccccc1. The average molecular weight is 411 g/mol. The monoisotopic (exact) mass is 411 g/mol. The van der Waals surface area contributed by atoms with E-state index in [4.69, 9.17) is 4.42 Å². The van der Waals surface area contributed by atoms with Crippen molar-refractivity contribution in [2.45, 2.75) is 12.5 Å². The molecule has 1 aromatic heterocycles. The maximum absolute atomic E-state index is 12.9. The summed E-state index contributed by atoms with van der Waals surface area (Å²) in [5, 5.41) is 5.67. The normalized spacial score (nSPS) is 11.5. The minimum Gasteiger partial charge on any atom is -0.444 e. The standard InChI is InChI=1S/C25H21N3O3/c29-22(16-21-17-31-25(27-21)19-12-6-2-7-13-19)28-23(18-10-4-1-5-11-18)24(30)26-20-14-8-3-9-15-20/h1-15,17,23H,16H2,(H,26,30)(H,28,29). The molecule has 0 aliphatic heterocycles. The van der Waals surface area contributed by atoms with E-state index in [1.54, 1.807) is 24.3 Å². The smallest absolute Gasteiger partial charge is 0.251 e. The molecule has 6 nitrogen and oxygen atoms in total. The third-order valence-corrected chi connectivity index (χ3v) is 4.66. The van der Waals surface area contributed by atoms with Gasteiger partial charge in [0.2, 0.25) is 11.8 Å². The van der Waals surface area contributed by atoms with E-state index < -0.39 is 6.04 Å². The number of anilines is 1. The van der Waals surface area contributed by atoms with Gasteiger partial charge in [-0.2, -0.15) is 0 Å². The van der Waals surface area contributed by atoms with Crippen molar-refractivity contribution in [3.05, 3.63) is 109 Å². The Hall–Kier alpha value is -4.19. The van der Waals surface area contributed by atoms with Crippen LogP contribution in [0.5, 0.6) is 0 Å². The quantitative estimate of drug-likeness (QED) is 0.473. The minimum absolute atomic E-state index is 0.00170. The van der Waals surface area contributed by atoms with Gasteiger partial charge in [0, 0.05) is 11.3 Å². The van der Waals surface area contributed by atoms with E-state index in [9.17, 15) is 9.59 Å². The molecule has 1 heterocycles. The number of rotatable bonds is 7. The summed E-state index contributed by atoms with van der Waals surface area (Å²) in [5.74, 6) is -0.203. The van der Waals surface area contributed by atoms with E-state index in [1.165, 1.54) is 6.26 Å². The van der Waals surface area contributed by atoms with E-state index in [0.717, 1.165) is 5.56 Å². The summed E-state index contributed by atoms with van der Waals surface area (Å²) < 4.78 is 5.50. The molecular weight excluding hydrogens is 390 g/mol. The van der Waals surface area contributed by atoms with Crippen LogP contribution in [-0.2, 0) is 16.0 Å². The third-order valence-electron chi connectivity index (χ3n) is 4.66. The number of hydrogen-bond acceptors (Lipinski definition) is 4. The van der Waals surface area contributed by atoms with Crippen molar-refractivity contribution in [1.82, 2.24) is 10.3 Å². The molecule has 0 aliphatic rings. The number of carbonyl (C=O) groups is 2. The van der Waals surface area contributed by atoms with Crippen LogP contribution in [0.2, 0.25) is 0 Å². The Morgan fingerprint density at radius 3 is 2.13 bits per heavy atom. The zero-order chi connectivity index (χ0) is 21.5. The molecule has 0 saturated carbocycles. The van der Waals surface area contributed by atoms with Gasteiger partial charge < -0.3 is 15.1 Å². The highest BCUT2D eigenvalue weighted by molar-refractivity contribution is 5.98. The highest BCUT2D eigenvalue weighted by atomic mass is 16.3. The Kier molecular flexibility index (Phi) is 6.18. The lowest BCUT2D eigenvalue weighted by molar-refractivity contribution is -0.126. The molecule has 0 aliphatic carbocycles. The van der Waals surface area contributed by atoms with Crippen LogP contribution in [0.4, 0.5) is 5.69 Å². The first kappa shape index (κ1) is 20.1. The van der Waals surface area contributed by atoms with Gasteiger partial charge in [-0.3, -0.25) is 9.59 Å². The van der Waals surface area contributed by atoms with Gasteiger partial charge in [-0.15, -0.1) is 0 Å². The Morgan fingerprint density at radius 1 is 0.839 bits per heavy atom. The lowest BCUT2D eigenvalue weighted by atomic mass is 10.1. The highest BCUT2D eigenvalue weighted by Crippen LogP contribution is 2.19. The number of benzene rings is 3. The molecular formula is C25H21N3O3. The largest absolute Gasteiger partial charge is 0.444 e. The van der Waals surface area contributed by atoms with Crippen LogP contribution in [-0.4, -0.2) is 16.8 Å². The molecule has 154 valence electrons. The lowest BCUT2D eigenvalue weighted by Crippen LogP contribution is -2.37. The van der Waals surface area contributed by atoms with E-state index in [0.29, 0.717) is 22.8 Å². The summed E-state index contributed by atoms with van der Waals surface area (Å²) >= 11 is 0. The summed E-state index contributed by atoms with van der Waals surface area (Å²) in [6.07, 6.45) is 1.46. The van der Waals surface area contributed by atoms with Gasteiger partial charge in [-0.25, -0.2) is 4.98 Å². The summed E-state index contributed by atoms with van der Waals surface area (Å²) in [6.45, 7) is 0. The summed E-state index contributed by atoms with van der Waals surface area (Å²) in [4.78, 5) is 30.0. The minimum atomic E-state index is -0.839. The Morgan fingerprint density at radius 2 is 1.45 bits per heavy atom. The van der Waals surface area contributed by atoms with Gasteiger partial charge in [0.25, 0.3) is 5.91 Å². The maximum atomic E-state index is 12.9. The van der Waals surface area contributed by atoms with Crippen LogP contribution >= 0.6 is 0 Å². The van der Waals surface area contributed by atoms with Gasteiger partial charge in [-0.1, -0.05) is 66.7 Å². The molecule has 4 rings (SSSR count). The molecule has 1 atom stereocenters. The predicted octanol–water partition coefficient (Wildman–Crippen LogP) is 4.38. The molecule has 0 fully saturated rings. The summed E-state index contributed by atoms with van der Waals surface area (Å²) in [7, 11) is 0. The number of nitrogens with zero attached hydrogens (tertiary/aromatic N) is 1. The fourth-order valence-electron chi connectivity index (χ4n) is 3.16. The maximum Gasteiger partial charge on any atom is 0.251 e. The van der Waals surface area contributed by atoms with Gasteiger partial charge in [0.05, 0.1) is 12.1 Å². The van der Waals surface area contributed by atoms with Crippen molar-refractivity contribution >= 4 is 17.5 Å². The zero-order valence-corrected chi connectivity index (χ0v) is 16.7. The topological polar surface area (TPSA) is 84.2 Å². The number of aromatic nitrogens is 1. The van der Waals surface area contributed by atoms with Crippen molar-refractivity contribution in [3.8, 4) is 11.5 Å². The summed E-state index contributed by atoms with van der Waals surface area (Å²) in [6, 6.07) is 26.9. The van der Waals surface area contributed by atoms with Crippen LogP contribution in [0, 0.1) is 0 Å². The van der Waals surface area contributed by atoms with Crippen molar-refractivity contribution in [2.24, 2.45) is 0 Å². The van der Waals surface area contributed by atoms with Gasteiger partial charge >= 0.3 is 0 Å². The van der Waals surface area contributed by atoms with Crippen LogP contribution < -0.4 is 10.6 Å². The molecule has 0 bridgehead atoms. The highest BCUT2D eigenvalue weighted by Gasteiger charge is 2.23. The van der Waals surface area contributed by atoms with Crippen molar-refractivity contribution < 1.29 is 14.0 Å². The van der Waals surface area contributed by atoms with Crippen molar-refractivity contribution in [2.75, 3.05) is 5.32 Å². The summed E-state index contributed by atoms with van der Waals surface area (Å²) in [5.41, 5.74) is 2.67. The molecule has 0 spiro atoms. The van der Waals surface area contributed by atoms with E-state index >= 15 is 0 Å². The second-order valence-corrected chi connectivity index (χ2v) is 6.95. The first-order chi connectivity index (χ1) is 15.2. The number of para-hydroxylation sites is 1. The molecule has 2 N–H and O–H groups in total. The zero-order valence-electron chi connectivity index (χ0n) is 16.7. The average Bonchev–Trinajstić information content (AvgIpc) is 3.27. The number of nitrogens with one attached hydrogen (secondary N) is 2. The van der Waals surface area contributed by atoms with E-state index in [-0.39, 0.29) is 18.2 Å². The van der Waals surface area contributed by atoms with Gasteiger partial charge in [0.15, 0.2) is 0 Å². The first-order valence-electron chi connectivity index (χ1n) is 9.89. The fourth-order valence-corrected chi connectivity index (χ4v) is 3.16. The number of amides is 2. The molecule has 0 saturated heterocycles. The van der Waals surface area contributed by atoms with Crippen LogP contribution in [0.3, 0.4) is 0 Å². The number of oxazole rings is 1. The van der Waals surface area contributed by atoms with Crippen LogP contribution in [0.25, 0.3) is 11.5 Å². The molecule has 31 heavy (non-hydrogen) atoms. The molecule has 4 aromatic rings. The Labute approximate surface area is 179 Å². The van der Waals surface area contributed by atoms with Gasteiger partial charge in [-0.05, 0) is 29.8 Å². The molecule has 1 unspecified atom stereocenters. The van der Waals surface area contributed by atoms with Crippen molar-refractivity contribution in [3.63, 3.8) is 0 Å². The fraction of sp³-hybridized carbons (Fsp3) is 0.0800.